The van der Waals surface area contributed by atoms with Crippen molar-refractivity contribution in [1.82, 2.24) is 20.5 Å². The summed E-state index contributed by atoms with van der Waals surface area (Å²) in [6.45, 7) is 9.35. The fourth-order valence-corrected chi connectivity index (χ4v) is 5.80. The Labute approximate surface area is 245 Å². The fraction of sp³-hybridized carbons (Fsp3) is 0.567. The maximum absolute atomic E-state index is 13.7. The van der Waals surface area contributed by atoms with Gasteiger partial charge in [0.15, 0.2) is 0 Å². The van der Waals surface area contributed by atoms with Crippen LogP contribution in [0.1, 0.15) is 83.5 Å². The number of amides is 3. The molecule has 0 aliphatic carbocycles. The van der Waals surface area contributed by atoms with Crippen LogP contribution in [0.25, 0.3) is 10.4 Å². The predicted molar refractivity (Wildman–Crippen MR) is 157 cm³/mol. The smallest absolute Gasteiger partial charge is 0.303 e. The summed E-state index contributed by atoms with van der Waals surface area (Å²) >= 11 is 1.57. The zero-order valence-corrected chi connectivity index (χ0v) is 25.3. The van der Waals surface area contributed by atoms with E-state index in [1.165, 1.54) is 4.90 Å². The van der Waals surface area contributed by atoms with E-state index in [-0.39, 0.29) is 43.7 Å². The Morgan fingerprint density at radius 1 is 1.07 bits per heavy atom. The molecule has 1 aliphatic heterocycles. The summed E-state index contributed by atoms with van der Waals surface area (Å²) in [5.41, 5.74) is 4.10. The number of hydrogen-bond acceptors (Lipinski definition) is 7. The highest BCUT2D eigenvalue weighted by atomic mass is 32.1. The van der Waals surface area contributed by atoms with Crippen molar-refractivity contribution in [2.24, 2.45) is 5.41 Å². The van der Waals surface area contributed by atoms with Gasteiger partial charge in [0.2, 0.25) is 17.7 Å². The van der Waals surface area contributed by atoms with E-state index in [4.69, 9.17) is 5.11 Å². The summed E-state index contributed by atoms with van der Waals surface area (Å²) in [4.78, 5) is 57.2. The Bertz CT molecular complexity index is 1220. The van der Waals surface area contributed by atoms with E-state index < -0.39 is 35.5 Å². The molecule has 3 amide bonds. The maximum Gasteiger partial charge on any atom is 0.303 e. The minimum atomic E-state index is -0.894. The molecule has 4 N–H and O–H groups in total. The number of hydrogen-bond donors (Lipinski definition) is 4. The van der Waals surface area contributed by atoms with E-state index in [2.05, 4.69) is 15.6 Å². The molecule has 0 spiro atoms. The summed E-state index contributed by atoms with van der Waals surface area (Å²) in [6.07, 6.45) is 1.09. The van der Waals surface area contributed by atoms with Gasteiger partial charge in [0.1, 0.15) is 12.1 Å². The summed E-state index contributed by atoms with van der Waals surface area (Å²) in [7, 11) is 0. The van der Waals surface area contributed by atoms with Gasteiger partial charge < -0.3 is 25.7 Å². The van der Waals surface area contributed by atoms with Crippen molar-refractivity contribution in [3.63, 3.8) is 0 Å². The van der Waals surface area contributed by atoms with Crippen LogP contribution in [0.5, 0.6) is 0 Å². The number of aliphatic hydroxyl groups is 1. The third-order valence-electron chi connectivity index (χ3n) is 7.35. The van der Waals surface area contributed by atoms with Gasteiger partial charge in [-0.1, -0.05) is 51.5 Å². The van der Waals surface area contributed by atoms with Crippen LogP contribution in [0.15, 0.2) is 29.8 Å². The number of rotatable bonds is 12. The van der Waals surface area contributed by atoms with Crippen molar-refractivity contribution < 1.29 is 29.4 Å². The number of unbranched alkanes of at least 4 members (excludes halogenated alkanes) is 2. The van der Waals surface area contributed by atoms with Crippen LogP contribution in [-0.4, -0.2) is 68.5 Å². The van der Waals surface area contributed by atoms with E-state index >= 15 is 0 Å². The molecule has 11 heteroatoms. The van der Waals surface area contributed by atoms with Crippen molar-refractivity contribution in [1.29, 1.82) is 0 Å². The molecular formula is C30H42N4O6S. The number of aliphatic carboxylic acids is 1. The lowest BCUT2D eigenvalue weighted by Gasteiger charge is -2.35. The molecule has 41 heavy (non-hydrogen) atoms. The van der Waals surface area contributed by atoms with Crippen LogP contribution in [0, 0.1) is 12.3 Å². The quantitative estimate of drug-likeness (QED) is 0.276. The van der Waals surface area contributed by atoms with Crippen LogP contribution in [-0.2, 0) is 19.2 Å². The van der Waals surface area contributed by atoms with E-state index in [0.29, 0.717) is 19.3 Å². The summed E-state index contributed by atoms with van der Waals surface area (Å²) in [5, 5.41) is 25.0. The summed E-state index contributed by atoms with van der Waals surface area (Å²) in [6, 6.07) is 5.82. The van der Waals surface area contributed by atoms with E-state index in [9.17, 15) is 24.3 Å². The van der Waals surface area contributed by atoms with Crippen molar-refractivity contribution in [3.8, 4) is 10.4 Å². The van der Waals surface area contributed by atoms with Crippen LogP contribution in [0.2, 0.25) is 0 Å². The third kappa shape index (κ3) is 8.84. The van der Waals surface area contributed by atoms with Crippen molar-refractivity contribution >= 4 is 35.0 Å². The van der Waals surface area contributed by atoms with Gasteiger partial charge >= 0.3 is 5.97 Å². The highest BCUT2D eigenvalue weighted by molar-refractivity contribution is 7.13. The molecule has 1 aromatic carbocycles. The van der Waals surface area contributed by atoms with E-state index in [1.54, 1.807) is 11.3 Å². The van der Waals surface area contributed by atoms with Gasteiger partial charge in [0, 0.05) is 25.8 Å². The molecule has 4 atom stereocenters. The molecule has 1 aliphatic rings. The average Bonchev–Trinajstić information content (AvgIpc) is 3.51. The van der Waals surface area contributed by atoms with Crippen LogP contribution >= 0.6 is 11.3 Å². The number of nitrogens with one attached hydrogen (secondary N) is 2. The highest BCUT2D eigenvalue weighted by Gasteiger charge is 2.44. The van der Waals surface area contributed by atoms with E-state index in [1.807, 2.05) is 64.4 Å². The van der Waals surface area contributed by atoms with Crippen molar-refractivity contribution in [3.05, 3.63) is 41.0 Å². The topological polar surface area (TPSA) is 149 Å². The van der Waals surface area contributed by atoms with Gasteiger partial charge in [-0.3, -0.25) is 19.2 Å². The molecule has 1 fully saturated rings. The van der Waals surface area contributed by atoms with Crippen LogP contribution in [0.3, 0.4) is 0 Å². The van der Waals surface area contributed by atoms with Gasteiger partial charge in [0.05, 0.1) is 28.2 Å². The fourth-order valence-electron chi connectivity index (χ4n) is 4.99. The number of thiazole rings is 1. The minimum Gasteiger partial charge on any atom is -0.481 e. The van der Waals surface area contributed by atoms with Gasteiger partial charge in [-0.05, 0) is 43.2 Å². The highest BCUT2D eigenvalue weighted by Crippen LogP contribution is 2.29. The number of aliphatic hydroxyl groups excluding tert-OH is 1. The molecule has 1 saturated heterocycles. The molecule has 0 radical (unpaired) electrons. The lowest BCUT2D eigenvalue weighted by molar-refractivity contribution is -0.144. The Balaban J connectivity index is 1.64. The Hall–Kier alpha value is -3.31. The Kier molecular flexibility index (Phi) is 11.0. The number of β-amino-alcohol motifs (C(OH)–C–C–N with tert-alkyl or cyclic N) is 1. The number of carbonyl (C=O) groups excluding carboxylic acids is 3. The molecule has 2 heterocycles. The van der Waals surface area contributed by atoms with Gasteiger partial charge in [-0.15, -0.1) is 11.3 Å². The van der Waals surface area contributed by atoms with Gasteiger partial charge in [0.25, 0.3) is 0 Å². The van der Waals surface area contributed by atoms with Crippen LogP contribution in [0.4, 0.5) is 0 Å². The van der Waals surface area contributed by atoms with Gasteiger partial charge in [-0.2, -0.15) is 0 Å². The molecule has 0 saturated carbocycles. The average molecular weight is 587 g/mol. The molecular weight excluding hydrogens is 544 g/mol. The second-order valence-electron chi connectivity index (χ2n) is 11.8. The molecule has 3 rings (SSSR count). The lowest BCUT2D eigenvalue weighted by Crippen LogP contribution is -2.57. The lowest BCUT2D eigenvalue weighted by atomic mass is 9.85. The first-order valence-electron chi connectivity index (χ1n) is 14.1. The molecule has 224 valence electrons. The first kappa shape index (κ1) is 32.2. The zero-order valence-electron chi connectivity index (χ0n) is 24.5. The normalized spacial score (nSPS) is 18.5. The first-order valence-corrected chi connectivity index (χ1v) is 15.0. The SMILES string of the molecule is Cc1ncsc1-c1ccc([C@H](C)NC(=O)[C@@H]2C[C@@H](O)CN2C(=O)[C@@H](NC(=O)CCCCCC(=O)O)C(C)(C)C)cc1. The van der Waals surface area contributed by atoms with E-state index in [0.717, 1.165) is 21.7 Å². The number of carbonyl (C=O) groups is 4. The number of likely N-dealkylation sites (tertiary alicyclic amines) is 1. The molecule has 1 aromatic heterocycles. The first-order chi connectivity index (χ1) is 19.3. The zero-order chi connectivity index (χ0) is 30.3. The Morgan fingerprint density at radius 2 is 1.73 bits per heavy atom. The number of carboxylic acid groups (broad SMARTS) is 1. The number of carboxylic acids is 1. The largest absolute Gasteiger partial charge is 0.481 e. The van der Waals surface area contributed by atoms with Crippen molar-refractivity contribution in [2.45, 2.75) is 97.4 Å². The number of aryl methyl sites for hydroxylation is 1. The number of benzene rings is 1. The third-order valence-corrected chi connectivity index (χ3v) is 8.33. The standard InChI is InChI=1S/C30H42N4O6S/c1-18(20-11-13-21(14-12-20)26-19(2)31-17-41-26)32-28(39)23-15-22(35)16-34(23)29(40)27(30(3,4)5)33-24(36)9-7-6-8-10-25(37)38/h11-14,17-18,22-23,27,35H,6-10,15-16H2,1-5H3,(H,32,39)(H,33,36)(H,37,38)/t18-,22+,23-,27+/m0/s1. The summed E-state index contributed by atoms with van der Waals surface area (Å²) < 4.78 is 0. The molecule has 2 aromatic rings. The Morgan fingerprint density at radius 3 is 2.32 bits per heavy atom. The predicted octanol–water partition coefficient (Wildman–Crippen LogP) is 3.82. The molecule has 0 bridgehead atoms. The van der Waals surface area contributed by atoms with Crippen molar-refractivity contribution in [2.75, 3.05) is 6.54 Å². The number of aromatic nitrogens is 1. The summed E-state index contributed by atoms with van der Waals surface area (Å²) in [5.74, 6) is -1.94. The van der Waals surface area contributed by atoms with Gasteiger partial charge in [-0.25, -0.2) is 4.98 Å². The second-order valence-corrected chi connectivity index (χ2v) is 12.7. The maximum atomic E-state index is 13.7. The monoisotopic (exact) mass is 586 g/mol. The number of nitrogens with zero attached hydrogens (tertiary/aromatic N) is 2. The minimum absolute atomic E-state index is 0.00579. The second kappa shape index (κ2) is 14.0. The van der Waals surface area contributed by atoms with Crippen LogP contribution < -0.4 is 10.6 Å². The molecule has 0 unspecified atom stereocenters. The molecule has 10 nitrogen and oxygen atoms in total.